The maximum atomic E-state index is 4.46. The SMILES string of the molecule is Cc1ccc2c(cnn2C)c1CCNc1cc(-c2ccc3ccncc3c2)ncn1. The zero-order valence-corrected chi connectivity index (χ0v) is 17.0. The molecule has 2 aromatic carbocycles. The molecule has 0 aliphatic rings. The van der Waals surface area contributed by atoms with E-state index in [1.54, 1.807) is 6.33 Å². The molecule has 0 bridgehead atoms. The maximum absolute atomic E-state index is 4.46. The van der Waals surface area contributed by atoms with Gasteiger partial charge in [0.15, 0.2) is 0 Å². The van der Waals surface area contributed by atoms with Gasteiger partial charge in [-0.05, 0) is 48.1 Å². The molecule has 1 N–H and O–H groups in total. The Hall–Kier alpha value is -3.80. The van der Waals surface area contributed by atoms with Crippen LogP contribution in [0.3, 0.4) is 0 Å². The number of aryl methyl sites for hydroxylation is 2. The van der Waals surface area contributed by atoms with E-state index in [0.29, 0.717) is 0 Å². The van der Waals surface area contributed by atoms with E-state index >= 15 is 0 Å². The second kappa shape index (κ2) is 7.55. The van der Waals surface area contributed by atoms with Gasteiger partial charge in [0.1, 0.15) is 12.1 Å². The molecule has 0 aliphatic heterocycles. The van der Waals surface area contributed by atoms with E-state index in [2.05, 4.69) is 62.6 Å². The lowest BCUT2D eigenvalue weighted by atomic mass is 10.0. The van der Waals surface area contributed by atoms with Gasteiger partial charge in [0.05, 0.1) is 17.4 Å². The van der Waals surface area contributed by atoms with E-state index in [1.807, 2.05) is 42.5 Å². The van der Waals surface area contributed by atoms with E-state index in [1.165, 1.54) is 21.9 Å². The molecule has 0 atom stereocenters. The maximum Gasteiger partial charge on any atom is 0.129 e. The third-order valence-electron chi connectivity index (χ3n) is 5.56. The predicted molar refractivity (Wildman–Crippen MR) is 120 cm³/mol. The molecular formula is C24H22N6. The van der Waals surface area contributed by atoms with Gasteiger partial charge in [0, 0.05) is 48.4 Å². The molecule has 0 unspecified atom stereocenters. The van der Waals surface area contributed by atoms with Gasteiger partial charge in [-0.3, -0.25) is 9.67 Å². The van der Waals surface area contributed by atoms with Crippen molar-refractivity contribution in [2.45, 2.75) is 13.3 Å². The third kappa shape index (κ3) is 3.37. The summed E-state index contributed by atoms with van der Waals surface area (Å²) in [5.41, 5.74) is 5.71. The Morgan fingerprint density at radius 3 is 2.83 bits per heavy atom. The highest BCUT2D eigenvalue weighted by atomic mass is 15.2. The quantitative estimate of drug-likeness (QED) is 0.474. The highest BCUT2D eigenvalue weighted by molar-refractivity contribution is 5.86. The minimum Gasteiger partial charge on any atom is -0.370 e. The molecule has 0 saturated carbocycles. The first-order chi connectivity index (χ1) is 14.7. The van der Waals surface area contributed by atoms with Gasteiger partial charge < -0.3 is 5.32 Å². The molecule has 3 aromatic heterocycles. The standard InChI is InChI=1S/C24H22N6/c1-16-3-6-23-21(14-29-30(23)2)20(16)8-10-26-24-12-22(27-15-28-24)18-5-4-17-7-9-25-13-19(17)11-18/h3-7,9,11-15H,8,10H2,1-2H3,(H,26,27,28). The van der Waals surface area contributed by atoms with Crippen LogP contribution in [0.15, 0.2) is 67.4 Å². The van der Waals surface area contributed by atoms with Crippen molar-refractivity contribution < 1.29 is 0 Å². The molecule has 0 spiro atoms. The van der Waals surface area contributed by atoms with Crippen LogP contribution in [-0.4, -0.2) is 31.3 Å². The van der Waals surface area contributed by atoms with Crippen molar-refractivity contribution in [3.05, 3.63) is 78.5 Å². The summed E-state index contributed by atoms with van der Waals surface area (Å²) in [4.78, 5) is 13.1. The van der Waals surface area contributed by atoms with Crippen molar-refractivity contribution in [2.24, 2.45) is 7.05 Å². The van der Waals surface area contributed by atoms with Crippen LogP contribution in [0.1, 0.15) is 11.1 Å². The average Bonchev–Trinajstić information content (AvgIpc) is 3.16. The summed E-state index contributed by atoms with van der Waals surface area (Å²) < 4.78 is 1.92. The van der Waals surface area contributed by atoms with E-state index in [4.69, 9.17) is 0 Å². The summed E-state index contributed by atoms with van der Waals surface area (Å²) in [6.45, 7) is 2.94. The molecule has 0 radical (unpaired) electrons. The van der Waals surface area contributed by atoms with Crippen LogP contribution in [0.5, 0.6) is 0 Å². The number of hydrogen-bond acceptors (Lipinski definition) is 5. The van der Waals surface area contributed by atoms with Crippen LogP contribution in [0.2, 0.25) is 0 Å². The number of nitrogens with zero attached hydrogens (tertiary/aromatic N) is 5. The van der Waals surface area contributed by atoms with Crippen LogP contribution in [0.4, 0.5) is 5.82 Å². The van der Waals surface area contributed by atoms with Gasteiger partial charge in [-0.15, -0.1) is 0 Å². The fourth-order valence-corrected chi connectivity index (χ4v) is 3.90. The topological polar surface area (TPSA) is 68.5 Å². The van der Waals surface area contributed by atoms with Crippen LogP contribution >= 0.6 is 0 Å². The van der Waals surface area contributed by atoms with Crippen molar-refractivity contribution in [3.8, 4) is 11.3 Å². The Bertz CT molecular complexity index is 1350. The lowest BCUT2D eigenvalue weighted by Crippen LogP contribution is -2.08. The number of hydrogen-bond donors (Lipinski definition) is 1. The van der Waals surface area contributed by atoms with Crippen LogP contribution in [0.25, 0.3) is 32.9 Å². The summed E-state index contributed by atoms with van der Waals surface area (Å²) in [6, 6.07) is 14.6. The number of aromatic nitrogens is 5. The van der Waals surface area contributed by atoms with Gasteiger partial charge in [-0.1, -0.05) is 18.2 Å². The molecule has 5 rings (SSSR count). The second-order valence-electron chi connectivity index (χ2n) is 7.46. The minimum absolute atomic E-state index is 0.785. The Kier molecular flexibility index (Phi) is 4.59. The van der Waals surface area contributed by atoms with Gasteiger partial charge in [-0.2, -0.15) is 5.10 Å². The van der Waals surface area contributed by atoms with Crippen LogP contribution in [0, 0.1) is 6.92 Å². The molecular weight excluding hydrogens is 372 g/mol. The van der Waals surface area contributed by atoms with E-state index in [0.717, 1.165) is 40.9 Å². The number of fused-ring (bicyclic) bond motifs is 2. The third-order valence-corrected chi connectivity index (χ3v) is 5.56. The van der Waals surface area contributed by atoms with E-state index in [-0.39, 0.29) is 0 Å². The fourth-order valence-electron chi connectivity index (χ4n) is 3.90. The molecule has 0 saturated heterocycles. The molecule has 3 heterocycles. The first-order valence-corrected chi connectivity index (χ1v) is 9.99. The molecule has 148 valence electrons. The van der Waals surface area contributed by atoms with Crippen molar-refractivity contribution in [1.29, 1.82) is 0 Å². The second-order valence-corrected chi connectivity index (χ2v) is 7.46. The Morgan fingerprint density at radius 2 is 1.90 bits per heavy atom. The summed E-state index contributed by atoms with van der Waals surface area (Å²) in [5, 5.41) is 11.3. The molecule has 0 amide bonds. The fraction of sp³-hybridized carbons (Fsp3) is 0.167. The molecule has 5 aromatic rings. The van der Waals surface area contributed by atoms with Crippen molar-refractivity contribution in [2.75, 3.05) is 11.9 Å². The van der Waals surface area contributed by atoms with Gasteiger partial charge in [0.2, 0.25) is 0 Å². The molecule has 6 heteroatoms. The summed E-state index contributed by atoms with van der Waals surface area (Å²) in [5.74, 6) is 0.822. The van der Waals surface area contributed by atoms with E-state index < -0.39 is 0 Å². The number of pyridine rings is 1. The van der Waals surface area contributed by atoms with Gasteiger partial charge >= 0.3 is 0 Å². The zero-order valence-electron chi connectivity index (χ0n) is 17.0. The van der Waals surface area contributed by atoms with Crippen molar-refractivity contribution in [1.82, 2.24) is 24.7 Å². The van der Waals surface area contributed by atoms with Crippen LogP contribution in [-0.2, 0) is 13.5 Å². The summed E-state index contributed by atoms with van der Waals surface area (Å²) in [7, 11) is 1.98. The molecule has 6 nitrogen and oxygen atoms in total. The largest absolute Gasteiger partial charge is 0.370 e. The molecule has 30 heavy (non-hydrogen) atoms. The number of benzene rings is 2. The number of anilines is 1. The smallest absolute Gasteiger partial charge is 0.129 e. The van der Waals surface area contributed by atoms with Gasteiger partial charge in [-0.25, -0.2) is 9.97 Å². The lowest BCUT2D eigenvalue weighted by Gasteiger charge is -2.10. The first kappa shape index (κ1) is 18.2. The van der Waals surface area contributed by atoms with Crippen LogP contribution < -0.4 is 5.32 Å². The highest BCUT2D eigenvalue weighted by Crippen LogP contribution is 2.24. The molecule has 0 fully saturated rings. The highest BCUT2D eigenvalue weighted by Gasteiger charge is 2.09. The zero-order chi connectivity index (χ0) is 20.5. The first-order valence-electron chi connectivity index (χ1n) is 9.99. The van der Waals surface area contributed by atoms with Gasteiger partial charge in [0.25, 0.3) is 0 Å². The summed E-state index contributed by atoms with van der Waals surface area (Å²) >= 11 is 0. The Morgan fingerprint density at radius 1 is 0.967 bits per heavy atom. The number of rotatable bonds is 5. The monoisotopic (exact) mass is 394 g/mol. The lowest BCUT2D eigenvalue weighted by molar-refractivity contribution is 0.797. The van der Waals surface area contributed by atoms with Crippen molar-refractivity contribution >= 4 is 27.5 Å². The number of nitrogens with one attached hydrogen (secondary N) is 1. The van der Waals surface area contributed by atoms with E-state index in [9.17, 15) is 0 Å². The minimum atomic E-state index is 0.785. The molecule has 0 aliphatic carbocycles. The Balaban J connectivity index is 1.35. The van der Waals surface area contributed by atoms with Crippen molar-refractivity contribution in [3.63, 3.8) is 0 Å². The average molecular weight is 394 g/mol. The Labute approximate surface area is 174 Å². The predicted octanol–water partition coefficient (Wildman–Crippen LogP) is 4.54. The normalized spacial score (nSPS) is 11.3. The summed E-state index contributed by atoms with van der Waals surface area (Å²) in [6.07, 6.45) is 8.14.